The maximum atomic E-state index is 5.36. The SMILES string of the molecule is c1ccc(COCC2CO2)nc1. The highest BCUT2D eigenvalue weighted by molar-refractivity contribution is 5.01. The number of pyridine rings is 1. The van der Waals surface area contributed by atoms with Crippen molar-refractivity contribution in [1.29, 1.82) is 0 Å². The molecule has 0 aromatic carbocycles. The van der Waals surface area contributed by atoms with E-state index in [-0.39, 0.29) is 0 Å². The summed E-state index contributed by atoms with van der Waals surface area (Å²) in [6.07, 6.45) is 2.11. The van der Waals surface area contributed by atoms with E-state index in [0.717, 1.165) is 12.3 Å². The second-order valence-corrected chi connectivity index (χ2v) is 2.79. The second-order valence-electron chi connectivity index (χ2n) is 2.79. The van der Waals surface area contributed by atoms with Crippen LogP contribution in [0.3, 0.4) is 0 Å². The molecule has 0 radical (unpaired) electrons. The molecule has 0 aliphatic carbocycles. The van der Waals surface area contributed by atoms with Crippen LogP contribution in [0.2, 0.25) is 0 Å². The summed E-state index contributed by atoms with van der Waals surface area (Å²) < 4.78 is 10.4. The Hall–Kier alpha value is -0.930. The summed E-state index contributed by atoms with van der Waals surface area (Å²) >= 11 is 0. The Balaban J connectivity index is 1.72. The minimum Gasteiger partial charge on any atom is -0.372 e. The smallest absolute Gasteiger partial charge is 0.104 e. The number of epoxide rings is 1. The number of hydrogen-bond donors (Lipinski definition) is 0. The van der Waals surface area contributed by atoms with Crippen molar-refractivity contribution >= 4 is 0 Å². The zero-order chi connectivity index (χ0) is 8.23. The number of aromatic nitrogens is 1. The van der Waals surface area contributed by atoms with Gasteiger partial charge in [-0.1, -0.05) is 6.07 Å². The van der Waals surface area contributed by atoms with Crippen LogP contribution in [0.4, 0.5) is 0 Å². The van der Waals surface area contributed by atoms with E-state index in [9.17, 15) is 0 Å². The average Bonchev–Trinajstić information content (AvgIpc) is 2.90. The predicted molar refractivity (Wildman–Crippen MR) is 43.6 cm³/mol. The van der Waals surface area contributed by atoms with Crippen LogP contribution >= 0.6 is 0 Å². The molecule has 1 aromatic rings. The van der Waals surface area contributed by atoms with E-state index in [1.807, 2.05) is 18.2 Å². The van der Waals surface area contributed by atoms with Crippen LogP contribution in [0, 0.1) is 0 Å². The van der Waals surface area contributed by atoms with E-state index >= 15 is 0 Å². The Bertz CT molecular complexity index is 234. The van der Waals surface area contributed by atoms with Gasteiger partial charge in [0.1, 0.15) is 6.10 Å². The summed E-state index contributed by atoms with van der Waals surface area (Å²) in [6.45, 7) is 2.12. The summed E-state index contributed by atoms with van der Waals surface area (Å²) in [4.78, 5) is 4.13. The third kappa shape index (κ3) is 2.29. The lowest BCUT2D eigenvalue weighted by Gasteiger charge is -1.99. The van der Waals surface area contributed by atoms with E-state index in [0.29, 0.717) is 19.3 Å². The minimum atomic E-state index is 0.341. The van der Waals surface area contributed by atoms with Gasteiger partial charge in [-0.2, -0.15) is 0 Å². The molecule has 0 N–H and O–H groups in total. The Labute approximate surface area is 71.3 Å². The molecule has 1 unspecified atom stereocenters. The van der Waals surface area contributed by atoms with E-state index in [2.05, 4.69) is 4.98 Å². The van der Waals surface area contributed by atoms with Gasteiger partial charge in [0.15, 0.2) is 0 Å². The van der Waals surface area contributed by atoms with Crippen LogP contribution in [0.5, 0.6) is 0 Å². The first kappa shape index (κ1) is 7.71. The molecule has 2 heterocycles. The molecule has 1 aliphatic rings. The molecule has 0 saturated carbocycles. The van der Waals surface area contributed by atoms with Crippen molar-refractivity contribution in [2.75, 3.05) is 13.2 Å². The van der Waals surface area contributed by atoms with Gasteiger partial charge in [-0.15, -0.1) is 0 Å². The fraction of sp³-hybridized carbons (Fsp3) is 0.444. The summed E-state index contributed by atoms with van der Waals surface area (Å²) in [5.41, 5.74) is 0.971. The third-order valence-electron chi connectivity index (χ3n) is 1.68. The third-order valence-corrected chi connectivity index (χ3v) is 1.68. The molecule has 1 atom stereocenters. The van der Waals surface area contributed by atoms with Crippen LogP contribution < -0.4 is 0 Å². The average molecular weight is 165 g/mol. The number of nitrogens with zero attached hydrogens (tertiary/aromatic N) is 1. The molecule has 2 rings (SSSR count). The molecule has 3 nitrogen and oxygen atoms in total. The monoisotopic (exact) mass is 165 g/mol. The van der Waals surface area contributed by atoms with Gasteiger partial charge < -0.3 is 9.47 Å². The van der Waals surface area contributed by atoms with Gasteiger partial charge in [-0.3, -0.25) is 4.98 Å². The first-order valence-corrected chi connectivity index (χ1v) is 4.04. The number of ether oxygens (including phenoxy) is 2. The van der Waals surface area contributed by atoms with Crippen molar-refractivity contribution in [3.8, 4) is 0 Å². The molecule has 3 heteroatoms. The fourth-order valence-corrected chi connectivity index (χ4v) is 0.943. The number of rotatable bonds is 4. The van der Waals surface area contributed by atoms with Crippen molar-refractivity contribution in [3.63, 3.8) is 0 Å². The topological polar surface area (TPSA) is 34.6 Å². The molecule has 0 bridgehead atoms. The highest BCUT2D eigenvalue weighted by Crippen LogP contribution is 2.09. The Kier molecular flexibility index (Phi) is 2.34. The largest absolute Gasteiger partial charge is 0.372 e. The van der Waals surface area contributed by atoms with Crippen LogP contribution in [0.1, 0.15) is 5.69 Å². The van der Waals surface area contributed by atoms with E-state index in [1.165, 1.54) is 0 Å². The molecule has 0 amide bonds. The fourth-order valence-electron chi connectivity index (χ4n) is 0.943. The van der Waals surface area contributed by atoms with Gasteiger partial charge in [0, 0.05) is 6.20 Å². The van der Waals surface area contributed by atoms with E-state index in [1.54, 1.807) is 6.20 Å². The van der Waals surface area contributed by atoms with Gasteiger partial charge in [0.05, 0.1) is 25.5 Å². The van der Waals surface area contributed by atoms with Gasteiger partial charge in [-0.25, -0.2) is 0 Å². The van der Waals surface area contributed by atoms with E-state index in [4.69, 9.17) is 9.47 Å². The summed E-state index contributed by atoms with van der Waals surface area (Å²) in [5, 5.41) is 0. The van der Waals surface area contributed by atoms with Gasteiger partial charge in [0.2, 0.25) is 0 Å². The van der Waals surface area contributed by atoms with Crippen LogP contribution in [0.25, 0.3) is 0 Å². The number of hydrogen-bond acceptors (Lipinski definition) is 3. The maximum absolute atomic E-state index is 5.36. The van der Waals surface area contributed by atoms with Crippen molar-refractivity contribution in [1.82, 2.24) is 4.98 Å². The summed E-state index contributed by atoms with van der Waals surface area (Å²) in [5.74, 6) is 0. The zero-order valence-corrected chi connectivity index (χ0v) is 6.77. The molecular formula is C9H11NO2. The lowest BCUT2D eigenvalue weighted by Crippen LogP contribution is -2.02. The van der Waals surface area contributed by atoms with Crippen molar-refractivity contribution < 1.29 is 9.47 Å². The Morgan fingerprint density at radius 3 is 3.17 bits per heavy atom. The van der Waals surface area contributed by atoms with Crippen LogP contribution in [0.15, 0.2) is 24.4 Å². The molecule has 1 aliphatic heterocycles. The van der Waals surface area contributed by atoms with Gasteiger partial charge >= 0.3 is 0 Å². The molecule has 1 saturated heterocycles. The quantitative estimate of drug-likeness (QED) is 0.624. The molecular weight excluding hydrogens is 154 g/mol. The standard InChI is InChI=1S/C9H11NO2/c1-2-4-10-8(3-1)5-11-6-9-7-12-9/h1-4,9H,5-7H2. The maximum Gasteiger partial charge on any atom is 0.104 e. The normalized spacial score (nSPS) is 20.8. The summed E-state index contributed by atoms with van der Waals surface area (Å²) in [7, 11) is 0. The molecule has 0 spiro atoms. The Morgan fingerprint density at radius 1 is 1.58 bits per heavy atom. The van der Waals surface area contributed by atoms with Crippen molar-refractivity contribution in [2.45, 2.75) is 12.7 Å². The second kappa shape index (κ2) is 3.65. The molecule has 64 valence electrons. The van der Waals surface area contributed by atoms with Gasteiger partial charge in [-0.05, 0) is 12.1 Å². The molecule has 1 fully saturated rings. The predicted octanol–water partition coefficient (Wildman–Crippen LogP) is 0.997. The van der Waals surface area contributed by atoms with Crippen LogP contribution in [-0.4, -0.2) is 24.3 Å². The van der Waals surface area contributed by atoms with E-state index < -0.39 is 0 Å². The highest BCUT2D eigenvalue weighted by Gasteiger charge is 2.22. The van der Waals surface area contributed by atoms with Gasteiger partial charge in [0.25, 0.3) is 0 Å². The minimum absolute atomic E-state index is 0.341. The highest BCUT2D eigenvalue weighted by atomic mass is 16.6. The lowest BCUT2D eigenvalue weighted by molar-refractivity contribution is 0.102. The molecule has 12 heavy (non-hydrogen) atoms. The Morgan fingerprint density at radius 2 is 2.50 bits per heavy atom. The van der Waals surface area contributed by atoms with Crippen molar-refractivity contribution in [2.24, 2.45) is 0 Å². The zero-order valence-electron chi connectivity index (χ0n) is 6.77. The van der Waals surface area contributed by atoms with Crippen molar-refractivity contribution in [3.05, 3.63) is 30.1 Å². The summed E-state index contributed by atoms with van der Waals surface area (Å²) in [6, 6.07) is 5.81. The first-order valence-electron chi connectivity index (χ1n) is 4.04. The first-order chi connectivity index (χ1) is 5.95. The van der Waals surface area contributed by atoms with Crippen LogP contribution in [-0.2, 0) is 16.1 Å². The molecule has 1 aromatic heterocycles. The lowest BCUT2D eigenvalue weighted by atomic mass is 10.4.